The minimum atomic E-state index is -3.29. The van der Waals surface area contributed by atoms with Crippen LogP contribution in [0.1, 0.15) is 42.0 Å². The predicted molar refractivity (Wildman–Crippen MR) is 109 cm³/mol. The van der Waals surface area contributed by atoms with E-state index in [4.69, 9.17) is 4.74 Å². The van der Waals surface area contributed by atoms with E-state index in [1.807, 2.05) is 18.2 Å². The molecule has 3 aliphatic carbocycles. The molecule has 2 aromatic carbocycles. The molecule has 2 aromatic rings. The van der Waals surface area contributed by atoms with Gasteiger partial charge in [-0.05, 0) is 35.2 Å². The summed E-state index contributed by atoms with van der Waals surface area (Å²) < 4.78 is 45.1. The largest absolute Gasteiger partial charge is 0.443 e. The fourth-order valence-electron chi connectivity index (χ4n) is 5.32. The van der Waals surface area contributed by atoms with Gasteiger partial charge in [0.05, 0.1) is 12.3 Å². The summed E-state index contributed by atoms with van der Waals surface area (Å²) in [5.74, 6) is -0.325. The molecule has 158 valence electrons. The number of ether oxygens (including phenoxy) is 1. The highest BCUT2D eigenvalue weighted by Crippen LogP contribution is 2.63. The van der Waals surface area contributed by atoms with E-state index in [2.05, 4.69) is 10.8 Å². The van der Waals surface area contributed by atoms with E-state index in [9.17, 15) is 17.6 Å². The van der Waals surface area contributed by atoms with E-state index in [0.717, 1.165) is 29.4 Å². The summed E-state index contributed by atoms with van der Waals surface area (Å²) >= 11 is 0. The maximum atomic E-state index is 13.5. The van der Waals surface area contributed by atoms with Crippen molar-refractivity contribution in [1.29, 1.82) is 0 Å². The molecular formula is C22H23FN2O4S. The van der Waals surface area contributed by atoms with Crippen LogP contribution in [0.4, 0.5) is 9.18 Å². The second-order valence-electron chi connectivity index (χ2n) is 8.83. The Labute approximate surface area is 175 Å². The van der Waals surface area contributed by atoms with Crippen LogP contribution in [0.3, 0.4) is 0 Å². The van der Waals surface area contributed by atoms with Crippen LogP contribution in [-0.2, 0) is 21.2 Å². The van der Waals surface area contributed by atoms with Crippen LogP contribution >= 0.6 is 0 Å². The summed E-state index contributed by atoms with van der Waals surface area (Å²) in [6, 6.07) is 13.8. The maximum Gasteiger partial charge on any atom is 0.411 e. The van der Waals surface area contributed by atoms with E-state index >= 15 is 0 Å². The zero-order valence-corrected chi connectivity index (χ0v) is 17.4. The molecule has 0 unspecified atom stereocenters. The highest BCUT2D eigenvalue weighted by atomic mass is 32.2. The number of nitrogens with one attached hydrogen (secondary N) is 1. The topological polar surface area (TPSA) is 75.7 Å². The van der Waals surface area contributed by atoms with Crippen molar-refractivity contribution in [2.45, 2.75) is 42.9 Å². The van der Waals surface area contributed by atoms with Crippen LogP contribution in [-0.4, -0.2) is 43.4 Å². The molecule has 1 N–H and O–H groups in total. The van der Waals surface area contributed by atoms with Crippen LogP contribution in [0.5, 0.6) is 0 Å². The van der Waals surface area contributed by atoms with Crippen molar-refractivity contribution in [3.8, 4) is 0 Å². The summed E-state index contributed by atoms with van der Waals surface area (Å²) in [5.41, 5.74) is 1.96. The second-order valence-corrected chi connectivity index (χ2v) is 10.6. The number of hydrogen-bond donors (Lipinski definition) is 1. The Morgan fingerprint density at radius 2 is 1.80 bits per heavy atom. The molecule has 1 amide bonds. The summed E-state index contributed by atoms with van der Waals surface area (Å²) in [5, 5.41) is 0. The van der Waals surface area contributed by atoms with Gasteiger partial charge in [0.15, 0.2) is 0 Å². The quantitative estimate of drug-likeness (QED) is 0.809. The van der Waals surface area contributed by atoms with Crippen LogP contribution in [0.2, 0.25) is 0 Å². The van der Waals surface area contributed by atoms with E-state index < -0.39 is 27.3 Å². The molecule has 4 aliphatic rings. The highest BCUT2D eigenvalue weighted by molar-refractivity contribution is 7.88. The van der Waals surface area contributed by atoms with Gasteiger partial charge in [0.2, 0.25) is 10.0 Å². The molecule has 0 radical (unpaired) electrons. The second kappa shape index (κ2) is 6.52. The fraction of sp³-hybridized carbons (Fsp3) is 0.409. The number of amides is 1. The van der Waals surface area contributed by atoms with Crippen molar-refractivity contribution in [1.82, 2.24) is 9.62 Å². The summed E-state index contributed by atoms with van der Waals surface area (Å²) in [4.78, 5) is 14.9. The Morgan fingerprint density at radius 3 is 2.47 bits per heavy atom. The lowest BCUT2D eigenvalue weighted by Crippen LogP contribution is -2.79. The zero-order valence-electron chi connectivity index (χ0n) is 16.6. The van der Waals surface area contributed by atoms with Crippen LogP contribution in [0.25, 0.3) is 0 Å². The van der Waals surface area contributed by atoms with Gasteiger partial charge >= 0.3 is 6.09 Å². The first-order chi connectivity index (χ1) is 14.2. The van der Waals surface area contributed by atoms with Crippen LogP contribution < -0.4 is 4.72 Å². The van der Waals surface area contributed by atoms with Gasteiger partial charge in [-0.25, -0.2) is 22.3 Å². The summed E-state index contributed by atoms with van der Waals surface area (Å²) in [6.45, 7) is 0.501. The lowest BCUT2D eigenvalue weighted by atomic mass is 9.46. The first kappa shape index (κ1) is 19.5. The normalized spacial score (nSPS) is 29.4. The number of hydrogen-bond acceptors (Lipinski definition) is 4. The molecule has 30 heavy (non-hydrogen) atoms. The molecule has 3 saturated carbocycles. The van der Waals surface area contributed by atoms with Crippen LogP contribution in [0, 0.1) is 5.82 Å². The maximum absolute atomic E-state index is 13.5. The van der Waals surface area contributed by atoms with Gasteiger partial charge in [-0.15, -0.1) is 0 Å². The van der Waals surface area contributed by atoms with E-state index in [0.29, 0.717) is 25.8 Å². The minimum absolute atomic E-state index is 0.325. The predicted octanol–water partition coefficient (Wildman–Crippen LogP) is 3.13. The van der Waals surface area contributed by atoms with Gasteiger partial charge in [0, 0.05) is 31.3 Å². The van der Waals surface area contributed by atoms with E-state index in [-0.39, 0.29) is 11.9 Å². The highest BCUT2D eigenvalue weighted by Gasteiger charge is 2.72. The standard InChI is InChI=1S/C22H23FN2O4S/c1-30(27,28)24-21-12-22(13-21,14-21)29-20(26)25-11-10-15-4-2-3-5-18(15)19(25)16-6-8-17(23)9-7-16/h2-9,19,24H,10-14H2,1H3/t19-,21?,22?/m0/s1. The molecule has 6 rings (SSSR count). The molecule has 6 nitrogen and oxygen atoms in total. The number of sulfonamides is 1. The molecule has 0 saturated heterocycles. The molecule has 0 aromatic heterocycles. The Bertz CT molecular complexity index is 1100. The number of fused-ring (bicyclic) bond motifs is 1. The van der Waals surface area contributed by atoms with Crippen LogP contribution in [0.15, 0.2) is 48.5 Å². The number of halogens is 1. The van der Waals surface area contributed by atoms with Crippen molar-refractivity contribution in [2.24, 2.45) is 0 Å². The van der Waals surface area contributed by atoms with Crippen molar-refractivity contribution >= 4 is 16.1 Å². The SMILES string of the molecule is CS(=O)(=O)NC12CC(OC(=O)N3CCc4ccccc4[C@@H]3c3ccc(F)cc3)(C1)C2. The summed E-state index contributed by atoms with van der Waals surface area (Å²) in [6.07, 6.45) is 2.96. The molecule has 0 spiro atoms. The molecule has 3 fully saturated rings. The van der Waals surface area contributed by atoms with Crippen molar-refractivity contribution < 1.29 is 22.3 Å². The third kappa shape index (κ3) is 3.28. The fourth-order valence-corrected chi connectivity index (χ4v) is 6.32. The van der Waals surface area contributed by atoms with Crippen molar-refractivity contribution in [3.05, 3.63) is 71.0 Å². The zero-order chi connectivity index (χ0) is 21.1. The van der Waals surface area contributed by atoms with Gasteiger partial charge in [0.1, 0.15) is 11.4 Å². The third-order valence-corrected chi connectivity index (χ3v) is 7.19. The van der Waals surface area contributed by atoms with Crippen molar-refractivity contribution in [3.63, 3.8) is 0 Å². The minimum Gasteiger partial charge on any atom is -0.443 e. The van der Waals surface area contributed by atoms with Gasteiger partial charge < -0.3 is 4.74 Å². The summed E-state index contributed by atoms with van der Waals surface area (Å²) in [7, 11) is -3.29. The van der Waals surface area contributed by atoms with Gasteiger partial charge in [0.25, 0.3) is 0 Å². The number of carbonyl (C=O) groups excluding carboxylic acids is 1. The molecule has 1 heterocycles. The van der Waals surface area contributed by atoms with E-state index in [1.54, 1.807) is 17.0 Å². The lowest BCUT2D eigenvalue weighted by Gasteiger charge is -2.68. The third-order valence-electron chi connectivity index (χ3n) is 6.39. The number of carbonyl (C=O) groups is 1. The Morgan fingerprint density at radius 1 is 1.13 bits per heavy atom. The smallest absolute Gasteiger partial charge is 0.411 e. The van der Waals surface area contributed by atoms with E-state index in [1.165, 1.54) is 12.1 Å². The average Bonchev–Trinajstić information content (AvgIpc) is 2.64. The first-order valence-corrected chi connectivity index (χ1v) is 11.9. The Balaban J connectivity index is 1.37. The van der Waals surface area contributed by atoms with Crippen molar-refractivity contribution in [2.75, 3.05) is 12.8 Å². The first-order valence-electron chi connectivity index (χ1n) is 10.00. The number of rotatable bonds is 4. The number of benzene rings is 2. The molecule has 1 atom stereocenters. The lowest BCUT2D eigenvalue weighted by molar-refractivity contribution is -0.216. The Kier molecular flexibility index (Phi) is 4.24. The van der Waals surface area contributed by atoms with Gasteiger partial charge in [-0.3, -0.25) is 4.90 Å². The number of nitrogens with zero attached hydrogens (tertiary/aromatic N) is 1. The average molecular weight is 431 g/mol. The molecular weight excluding hydrogens is 407 g/mol. The molecule has 8 heteroatoms. The monoisotopic (exact) mass is 430 g/mol. The molecule has 1 aliphatic heterocycles. The van der Waals surface area contributed by atoms with Gasteiger partial charge in [-0.2, -0.15) is 0 Å². The Hall–Kier alpha value is -2.45. The van der Waals surface area contributed by atoms with Gasteiger partial charge in [-0.1, -0.05) is 36.4 Å². The molecule has 2 bridgehead atoms.